The van der Waals surface area contributed by atoms with Gasteiger partial charge in [-0.3, -0.25) is 9.59 Å². The van der Waals surface area contributed by atoms with Crippen LogP contribution in [0, 0.1) is 5.92 Å². The molecule has 2 aliphatic rings. The van der Waals surface area contributed by atoms with Crippen molar-refractivity contribution in [3.63, 3.8) is 0 Å². The third kappa shape index (κ3) is 3.08. The van der Waals surface area contributed by atoms with E-state index in [1.807, 2.05) is 32.6 Å². The molecule has 0 saturated carbocycles. The first-order valence-electron chi connectivity index (χ1n) is 7.12. The molecule has 0 bridgehead atoms. The van der Waals surface area contributed by atoms with Crippen LogP contribution in [0.25, 0.3) is 0 Å². The largest absolute Gasteiger partial charge is 0.372 e. The van der Waals surface area contributed by atoms with Crippen molar-refractivity contribution in [1.82, 2.24) is 9.80 Å². The molecule has 2 aliphatic heterocycles. The Labute approximate surface area is 114 Å². The highest BCUT2D eigenvalue weighted by Crippen LogP contribution is 2.23. The minimum Gasteiger partial charge on any atom is -0.372 e. The van der Waals surface area contributed by atoms with Gasteiger partial charge in [-0.25, -0.2) is 0 Å². The topological polar surface area (TPSA) is 49.9 Å². The number of carbonyl (C=O) groups is 2. The predicted octanol–water partition coefficient (Wildman–Crippen LogP) is 0.879. The van der Waals surface area contributed by atoms with Gasteiger partial charge >= 0.3 is 0 Å². The summed E-state index contributed by atoms with van der Waals surface area (Å²) in [5.74, 6) is 0.0357. The van der Waals surface area contributed by atoms with Gasteiger partial charge in [-0.15, -0.1) is 0 Å². The summed E-state index contributed by atoms with van der Waals surface area (Å²) in [5, 5.41) is 0. The van der Waals surface area contributed by atoms with Crippen molar-refractivity contribution in [2.45, 2.75) is 52.4 Å². The van der Waals surface area contributed by atoms with Crippen LogP contribution in [0.15, 0.2) is 0 Å². The number of hydrogen-bond donors (Lipinski definition) is 0. The Morgan fingerprint density at radius 1 is 1.21 bits per heavy atom. The molecule has 2 rings (SSSR count). The van der Waals surface area contributed by atoms with Crippen LogP contribution in [0.4, 0.5) is 0 Å². The predicted molar refractivity (Wildman–Crippen MR) is 71.5 cm³/mol. The lowest BCUT2D eigenvalue weighted by Crippen LogP contribution is -2.50. The van der Waals surface area contributed by atoms with Crippen molar-refractivity contribution >= 4 is 11.8 Å². The quantitative estimate of drug-likeness (QED) is 0.747. The Kier molecular flexibility index (Phi) is 4.13. The molecular formula is C14H24N2O3. The molecule has 3 atom stereocenters. The zero-order valence-electron chi connectivity index (χ0n) is 12.3. The zero-order chi connectivity index (χ0) is 14.2. The molecule has 0 spiro atoms. The van der Waals surface area contributed by atoms with Gasteiger partial charge in [0.1, 0.15) is 0 Å². The van der Waals surface area contributed by atoms with Crippen LogP contribution in [-0.2, 0) is 14.3 Å². The van der Waals surface area contributed by atoms with Crippen molar-refractivity contribution < 1.29 is 14.3 Å². The van der Waals surface area contributed by atoms with Crippen LogP contribution < -0.4 is 0 Å². The maximum Gasteiger partial charge on any atom is 0.228 e. The summed E-state index contributed by atoms with van der Waals surface area (Å²) in [5.41, 5.74) is 0. The van der Waals surface area contributed by atoms with E-state index in [0.717, 1.165) is 0 Å². The van der Waals surface area contributed by atoms with Crippen molar-refractivity contribution in [3.8, 4) is 0 Å². The van der Waals surface area contributed by atoms with Crippen molar-refractivity contribution in [3.05, 3.63) is 0 Å². The van der Waals surface area contributed by atoms with Gasteiger partial charge in [0.25, 0.3) is 0 Å². The molecule has 19 heavy (non-hydrogen) atoms. The SMILES string of the molecule is CC(C)N1C[C@H](C(=O)N2C[C@H](C)O[C@@H](C)C2)CC1=O. The van der Waals surface area contributed by atoms with Gasteiger partial charge in [-0.05, 0) is 27.7 Å². The van der Waals surface area contributed by atoms with E-state index in [9.17, 15) is 9.59 Å². The van der Waals surface area contributed by atoms with Crippen LogP contribution in [0.1, 0.15) is 34.1 Å². The molecule has 0 aromatic rings. The number of carbonyl (C=O) groups excluding carboxylic acids is 2. The van der Waals surface area contributed by atoms with Crippen molar-refractivity contribution in [2.24, 2.45) is 5.92 Å². The minimum atomic E-state index is -0.174. The van der Waals surface area contributed by atoms with E-state index in [2.05, 4.69) is 0 Å². The molecule has 0 unspecified atom stereocenters. The molecule has 0 radical (unpaired) electrons. The highest BCUT2D eigenvalue weighted by Gasteiger charge is 2.39. The molecule has 108 valence electrons. The lowest BCUT2D eigenvalue weighted by Gasteiger charge is -2.36. The number of ether oxygens (including phenoxy) is 1. The number of rotatable bonds is 2. The Morgan fingerprint density at radius 2 is 1.79 bits per heavy atom. The smallest absolute Gasteiger partial charge is 0.228 e. The van der Waals surface area contributed by atoms with E-state index >= 15 is 0 Å². The summed E-state index contributed by atoms with van der Waals surface area (Å²) in [6.45, 7) is 9.78. The second-order valence-electron chi connectivity index (χ2n) is 6.04. The van der Waals surface area contributed by atoms with Crippen LogP contribution in [0.5, 0.6) is 0 Å². The highest BCUT2D eigenvalue weighted by molar-refractivity contribution is 5.89. The summed E-state index contributed by atoms with van der Waals surface area (Å²) >= 11 is 0. The second kappa shape index (κ2) is 5.49. The van der Waals surface area contributed by atoms with Crippen LogP contribution in [0.2, 0.25) is 0 Å². The first-order chi connectivity index (χ1) is 8.88. The molecule has 2 amide bonds. The Hall–Kier alpha value is -1.10. The van der Waals surface area contributed by atoms with E-state index < -0.39 is 0 Å². The van der Waals surface area contributed by atoms with Crippen molar-refractivity contribution in [1.29, 1.82) is 0 Å². The second-order valence-corrected chi connectivity index (χ2v) is 6.04. The van der Waals surface area contributed by atoms with Gasteiger partial charge in [0.15, 0.2) is 0 Å². The van der Waals surface area contributed by atoms with Gasteiger partial charge in [-0.1, -0.05) is 0 Å². The monoisotopic (exact) mass is 268 g/mol. The summed E-state index contributed by atoms with van der Waals surface area (Å²) in [6.07, 6.45) is 0.508. The third-order valence-electron chi connectivity index (χ3n) is 3.86. The van der Waals surface area contributed by atoms with Gasteiger partial charge in [0.2, 0.25) is 11.8 Å². The molecule has 0 N–H and O–H groups in total. The molecule has 5 heteroatoms. The molecule has 2 fully saturated rings. The fourth-order valence-corrected chi connectivity index (χ4v) is 3.01. The Balaban J connectivity index is 1.99. The maximum atomic E-state index is 12.5. The molecule has 0 aliphatic carbocycles. The molecule has 0 aromatic heterocycles. The lowest BCUT2D eigenvalue weighted by molar-refractivity contribution is -0.147. The summed E-state index contributed by atoms with van der Waals surface area (Å²) in [6, 6.07) is 0.174. The first-order valence-corrected chi connectivity index (χ1v) is 7.12. The van der Waals surface area contributed by atoms with E-state index in [1.54, 1.807) is 4.90 Å². The highest BCUT2D eigenvalue weighted by atomic mass is 16.5. The van der Waals surface area contributed by atoms with Gasteiger partial charge < -0.3 is 14.5 Å². The van der Waals surface area contributed by atoms with Gasteiger partial charge in [0.05, 0.1) is 18.1 Å². The number of morpholine rings is 1. The normalized spacial score (nSPS) is 32.3. The molecule has 5 nitrogen and oxygen atoms in total. The lowest BCUT2D eigenvalue weighted by atomic mass is 10.1. The first kappa shape index (κ1) is 14.3. The molecule has 2 saturated heterocycles. The fourth-order valence-electron chi connectivity index (χ4n) is 3.01. The van der Waals surface area contributed by atoms with Crippen molar-refractivity contribution in [2.75, 3.05) is 19.6 Å². The van der Waals surface area contributed by atoms with E-state index in [1.165, 1.54) is 0 Å². The average molecular weight is 268 g/mol. The minimum absolute atomic E-state index is 0.0750. The molecule has 0 aromatic carbocycles. The summed E-state index contributed by atoms with van der Waals surface area (Å²) in [7, 11) is 0. The number of nitrogens with zero attached hydrogens (tertiary/aromatic N) is 2. The van der Waals surface area contributed by atoms with Gasteiger partial charge in [0, 0.05) is 32.1 Å². The van der Waals surface area contributed by atoms with Crippen LogP contribution in [-0.4, -0.2) is 59.5 Å². The van der Waals surface area contributed by atoms with Gasteiger partial charge in [-0.2, -0.15) is 0 Å². The maximum absolute atomic E-state index is 12.5. The van der Waals surface area contributed by atoms with E-state index in [0.29, 0.717) is 26.1 Å². The number of likely N-dealkylation sites (tertiary alicyclic amines) is 1. The number of amides is 2. The van der Waals surface area contributed by atoms with E-state index in [4.69, 9.17) is 4.74 Å². The van der Waals surface area contributed by atoms with E-state index in [-0.39, 0.29) is 36.0 Å². The van der Waals surface area contributed by atoms with Crippen LogP contribution >= 0.6 is 0 Å². The summed E-state index contributed by atoms with van der Waals surface area (Å²) in [4.78, 5) is 28.0. The molecular weight excluding hydrogens is 244 g/mol. The average Bonchev–Trinajstić information content (AvgIpc) is 2.69. The fraction of sp³-hybridized carbons (Fsp3) is 0.857. The zero-order valence-corrected chi connectivity index (χ0v) is 12.3. The summed E-state index contributed by atoms with van der Waals surface area (Å²) < 4.78 is 5.64. The molecule has 2 heterocycles. The Morgan fingerprint density at radius 3 is 2.26 bits per heavy atom. The third-order valence-corrected chi connectivity index (χ3v) is 3.86. The number of hydrogen-bond acceptors (Lipinski definition) is 3. The Bertz CT molecular complexity index is 360. The van der Waals surface area contributed by atoms with Crippen LogP contribution in [0.3, 0.4) is 0 Å². The standard InChI is InChI=1S/C14H24N2O3/c1-9(2)16-8-12(5-13(16)17)14(18)15-6-10(3)19-11(4)7-15/h9-12H,5-8H2,1-4H3/t10-,11-,12+/m0/s1.